The molecule has 1 fully saturated rings. The van der Waals surface area contributed by atoms with Crippen molar-refractivity contribution >= 4 is 23.0 Å². The Morgan fingerprint density at radius 3 is 2.62 bits per heavy atom. The second kappa shape index (κ2) is 9.76. The molecule has 37 heavy (non-hydrogen) atoms. The number of aromatic nitrogens is 4. The Kier molecular flexibility index (Phi) is 6.49. The first kappa shape index (κ1) is 24.6. The summed E-state index contributed by atoms with van der Waals surface area (Å²) < 4.78 is 19.5. The molecular weight excluding hydrogens is 472 g/mol. The number of pyridine rings is 1. The van der Waals surface area contributed by atoms with Gasteiger partial charge in [-0.15, -0.1) is 0 Å². The summed E-state index contributed by atoms with van der Waals surface area (Å²) in [6.07, 6.45) is 4.70. The average Bonchev–Trinajstić information content (AvgIpc) is 3.48. The molecule has 1 aliphatic heterocycles. The van der Waals surface area contributed by atoms with E-state index in [0.29, 0.717) is 48.4 Å². The van der Waals surface area contributed by atoms with Crippen LogP contribution in [0.5, 0.6) is 5.88 Å². The van der Waals surface area contributed by atoms with Crippen molar-refractivity contribution in [2.24, 2.45) is 0 Å². The van der Waals surface area contributed by atoms with E-state index in [1.165, 1.54) is 0 Å². The molecule has 194 valence electrons. The van der Waals surface area contributed by atoms with Gasteiger partial charge in [0.2, 0.25) is 11.8 Å². The number of ether oxygens (including phenoxy) is 2. The van der Waals surface area contributed by atoms with Gasteiger partial charge in [0.25, 0.3) is 0 Å². The Morgan fingerprint density at radius 2 is 1.92 bits per heavy atom. The van der Waals surface area contributed by atoms with Crippen molar-refractivity contribution in [2.75, 3.05) is 25.4 Å². The maximum atomic E-state index is 12.5. The van der Waals surface area contributed by atoms with E-state index >= 15 is 0 Å². The number of piperidine rings is 1. The quantitative estimate of drug-likeness (QED) is 0.388. The van der Waals surface area contributed by atoms with E-state index < -0.39 is 5.60 Å². The standard InChI is InChI=1S/C27H32N6O4/c1-5-35-25-20(16-30-33(25)18-10-12-32(13-11-18)26(34)37-27(2,3)4)17-14-19(23(28)29-15-17)24-31-21-8-6-7-9-22(21)36-24/h6-9,14-16,18H,5,10-13H2,1-4H3,(H2,28,29). The fourth-order valence-corrected chi connectivity index (χ4v) is 4.49. The van der Waals surface area contributed by atoms with Crippen LogP contribution in [0.2, 0.25) is 0 Å². The van der Waals surface area contributed by atoms with Crippen LogP contribution < -0.4 is 10.5 Å². The summed E-state index contributed by atoms with van der Waals surface area (Å²) in [5.41, 5.74) is 9.34. The minimum atomic E-state index is -0.517. The van der Waals surface area contributed by atoms with Crippen LogP contribution in [0.3, 0.4) is 0 Å². The van der Waals surface area contributed by atoms with E-state index in [-0.39, 0.29) is 12.1 Å². The summed E-state index contributed by atoms with van der Waals surface area (Å²) >= 11 is 0. The van der Waals surface area contributed by atoms with E-state index in [1.807, 2.05) is 62.7 Å². The Balaban J connectivity index is 1.41. The number of anilines is 1. The van der Waals surface area contributed by atoms with Crippen LogP contribution >= 0.6 is 0 Å². The smallest absolute Gasteiger partial charge is 0.410 e. The number of benzene rings is 1. The third-order valence-electron chi connectivity index (χ3n) is 6.25. The number of fused-ring (bicyclic) bond motifs is 1. The normalized spacial score (nSPS) is 14.8. The van der Waals surface area contributed by atoms with Gasteiger partial charge in [-0.1, -0.05) is 12.1 Å². The molecule has 5 rings (SSSR count). The lowest BCUT2D eigenvalue weighted by Gasteiger charge is -2.33. The van der Waals surface area contributed by atoms with Gasteiger partial charge in [0.05, 0.1) is 30.0 Å². The third-order valence-corrected chi connectivity index (χ3v) is 6.25. The first-order valence-electron chi connectivity index (χ1n) is 12.5. The van der Waals surface area contributed by atoms with Gasteiger partial charge in [-0.2, -0.15) is 5.10 Å². The molecule has 2 N–H and O–H groups in total. The van der Waals surface area contributed by atoms with E-state index in [2.05, 4.69) is 15.1 Å². The summed E-state index contributed by atoms with van der Waals surface area (Å²) in [5.74, 6) is 1.40. The van der Waals surface area contributed by atoms with Crippen molar-refractivity contribution < 1.29 is 18.7 Å². The van der Waals surface area contributed by atoms with Gasteiger partial charge in [-0.25, -0.2) is 19.4 Å². The van der Waals surface area contributed by atoms with Gasteiger partial charge >= 0.3 is 6.09 Å². The number of oxazole rings is 1. The largest absolute Gasteiger partial charge is 0.478 e. The minimum Gasteiger partial charge on any atom is -0.478 e. The maximum absolute atomic E-state index is 12.5. The van der Waals surface area contributed by atoms with Crippen molar-refractivity contribution in [3.05, 3.63) is 42.7 Å². The summed E-state index contributed by atoms with van der Waals surface area (Å²) in [7, 11) is 0. The van der Waals surface area contributed by atoms with Crippen molar-refractivity contribution in [3.8, 4) is 28.5 Å². The summed E-state index contributed by atoms with van der Waals surface area (Å²) in [4.78, 5) is 23.2. The zero-order valence-corrected chi connectivity index (χ0v) is 21.6. The molecule has 4 aromatic rings. The van der Waals surface area contributed by atoms with Gasteiger partial charge in [0.1, 0.15) is 16.9 Å². The molecule has 0 bridgehead atoms. The number of nitrogen functional groups attached to an aromatic ring is 1. The molecular formula is C27H32N6O4. The van der Waals surface area contributed by atoms with Crippen molar-refractivity contribution in [1.29, 1.82) is 0 Å². The van der Waals surface area contributed by atoms with Gasteiger partial charge in [0, 0.05) is 24.8 Å². The molecule has 0 radical (unpaired) electrons. The molecule has 1 aromatic carbocycles. The van der Waals surface area contributed by atoms with Gasteiger partial charge in [0.15, 0.2) is 5.58 Å². The maximum Gasteiger partial charge on any atom is 0.410 e. The van der Waals surface area contributed by atoms with E-state index in [9.17, 15) is 4.79 Å². The highest BCUT2D eigenvalue weighted by Gasteiger charge is 2.30. The zero-order chi connectivity index (χ0) is 26.2. The molecule has 0 unspecified atom stereocenters. The number of amides is 1. The molecule has 10 heteroatoms. The molecule has 0 atom stereocenters. The monoisotopic (exact) mass is 504 g/mol. The number of rotatable bonds is 5. The second-order valence-electron chi connectivity index (χ2n) is 10.1. The van der Waals surface area contributed by atoms with E-state index in [0.717, 1.165) is 29.5 Å². The third kappa shape index (κ3) is 5.09. The highest BCUT2D eigenvalue weighted by Crippen LogP contribution is 2.38. The Morgan fingerprint density at radius 1 is 1.16 bits per heavy atom. The second-order valence-corrected chi connectivity index (χ2v) is 10.1. The number of carbonyl (C=O) groups is 1. The van der Waals surface area contributed by atoms with Crippen molar-refractivity contribution in [3.63, 3.8) is 0 Å². The van der Waals surface area contributed by atoms with E-state index in [4.69, 9.17) is 19.6 Å². The van der Waals surface area contributed by atoms with Gasteiger partial charge < -0.3 is 24.5 Å². The van der Waals surface area contributed by atoms with Gasteiger partial charge in [-0.3, -0.25) is 0 Å². The molecule has 0 spiro atoms. The van der Waals surface area contributed by atoms with Crippen LogP contribution in [0, 0.1) is 0 Å². The highest BCUT2D eigenvalue weighted by atomic mass is 16.6. The SMILES string of the molecule is CCOc1c(-c2cnc(N)c(-c3nc4ccccc4o3)c2)cnn1C1CCN(C(=O)OC(C)(C)C)CC1. The average molecular weight is 505 g/mol. The molecule has 0 aliphatic carbocycles. The highest BCUT2D eigenvalue weighted by molar-refractivity contribution is 5.81. The first-order valence-corrected chi connectivity index (χ1v) is 12.5. The number of carbonyl (C=O) groups excluding carboxylic acids is 1. The lowest BCUT2D eigenvalue weighted by atomic mass is 10.0. The fourth-order valence-electron chi connectivity index (χ4n) is 4.49. The molecule has 1 saturated heterocycles. The van der Waals surface area contributed by atoms with Crippen molar-refractivity contribution in [2.45, 2.75) is 52.2 Å². The van der Waals surface area contributed by atoms with Crippen LogP contribution in [0.15, 0.2) is 47.1 Å². The fraction of sp³-hybridized carbons (Fsp3) is 0.407. The molecule has 3 aromatic heterocycles. The predicted molar refractivity (Wildman–Crippen MR) is 140 cm³/mol. The van der Waals surface area contributed by atoms with Crippen LogP contribution in [0.1, 0.15) is 46.6 Å². The number of nitrogens with two attached hydrogens (primary N) is 1. The number of hydrogen-bond donors (Lipinski definition) is 1. The van der Waals surface area contributed by atoms with Gasteiger partial charge in [-0.05, 0) is 58.7 Å². The number of likely N-dealkylation sites (tertiary alicyclic amines) is 1. The van der Waals surface area contributed by atoms with Crippen LogP contribution in [-0.4, -0.2) is 56.0 Å². The van der Waals surface area contributed by atoms with Crippen molar-refractivity contribution in [1.82, 2.24) is 24.6 Å². The summed E-state index contributed by atoms with van der Waals surface area (Å²) in [6, 6.07) is 9.56. The molecule has 4 heterocycles. The van der Waals surface area contributed by atoms with Crippen LogP contribution in [0.4, 0.5) is 10.6 Å². The predicted octanol–water partition coefficient (Wildman–Crippen LogP) is 5.31. The minimum absolute atomic E-state index is 0.0900. The number of hydrogen-bond acceptors (Lipinski definition) is 8. The number of para-hydroxylation sites is 2. The first-order chi connectivity index (χ1) is 17.7. The number of nitrogens with zero attached hydrogens (tertiary/aromatic N) is 5. The van der Waals surface area contributed by atoms with Crippen LogP contribution in [0.25, 0.3) is 33.7 Å². The lowest BCUT2D eigenvalue weighted by Crippen LogP contribution is -2.42. The molecule has 10 nitrogen and oxygen atoms in total. The molecule has 1 amide bonds. The van der Waals surface area contributed by atoms with E-state index in [1.54, 1.807) is 17.3 Å². The van der Waals surface area contributed by atoms with Crippen LogP contribution in [-0.2, 0) is 4.74 Å². The zero-order valence-electron chi connectivity index (χ0n) is 21.6. The molecule has 0 saturated carbocycles. The Bertz CT molecular complexity index is 1380. The topological polar surface area (TPSA) is 122 Å². The lowest BCUT2D eigenvalue weighted by molar-refractivity contribution is 0.0182. The Hall–Kier alpha value is -4.08. The molecule has 1 aliphatic rings. The summed E-state index contributed by atoms with van der Waals surface area (Å²) in [5, 5.41) is 4.68. The summed E-state index contributed by atoms with van der Waals surface area (Å²) in [6.45, 7) is 9.22. The Labute approximate surface area is 215 Å².